The first-order chi connectivity index (χ1) is 7.58. The maximum absolute atomic E-state index is 5.49. The molecule has 0 aliphatic heterocycles. The molecule has 1 aromatic rings. The van der Waals surface area contributed by atoms with Gasteiger partial charge < -0.3 is 10.1 Å². The molecule has 1 aromatic heterocycles. The van der Waals surface area contributed by atoms with Gasteiger partial charge in [-0.25, -0.2) is 4.98 Å². The summed E-state index contributed by atoms with van der Waals surface area (Å²) in [6, 6.07) is 1.77. The average molecular weight is 223 g/mol. The molecule has 0 fully saturated rings. The molecule has 0 spiro atoms. The monoisotopic (exact) mass is 223 g/mol. The van der Waals surface area contributed by atoms with Crippen molar-refractivity contribution in [2.24, 2.45) is 5.92 Å². The Morgan fingerprint density at radius 1 is 1.31 bits per heavy atom. The quantitative estimate of drug-likeness (QED) is 0.805. The summed E-state index contributed by atoms with van der Waals surface area (Å²) in [6.07, 6.45) is 2.96. The minimum Gasteiger partial charge on any atom is -0.475 e. The molecular weight excluding hydrogens is 202 g/mol. The van der Waals surface area contributed by atoms with Gasteiger partial charge in [0.1, 0.15) is 0 Å². The lowest BCUT2D eigenvalue weighted by molar-refractivity contribution is 0.232. The predicted octanol–water partition coefficient (Wildman–Crippen LogP) is 2.72. The van der Waals surface area contributed by atoms with E-state index in [1.807, 2.05) is 13.8 Å². The van der Waals surface area contributed by atoms with Gasteiger partial charge in [-0.05, 0) is 26.2 Å². The van der Waals surface area contributed by atoms with Gasteiger partial charge in [-0.3, -0.25) is 0 Å². The Balaban J connectivity index is 2.47. The van der Waals surface area contributed by atoms with Crippen LogP contribution in [0.5, 0.6) is 5.88 Å². The summed E-state index contributed by atoms with van der Waals surface area (Å²) in [6.45, 7) is 9.24. The summed E-state index contributed by atoms with van der Waals surface area (Å²) >= 11 is 0. The molecule has 0 atom stereocenters. The van der Waals surface area contributed by atoms with Crippen LogP contribution in [0.25, 0.3) is 0 Å². The summed E-state index contributed by atoms with van der Waals surface area (Å²) in [4.78, 5) is 8.41. The zero-order chi connectivity index (χ0) is 12.0. The van der Waals surface area contributed by atoms with Gasteiger partial charge >= 0.3 is 0 Å². The Bertz CT molecular complexity index is 313. The fourth-order valence-corrected chi connectivity index (χ4v) is 1.21. The molecule has 0 aliphatic carbocycles. The lowest BCUT2D eigenvalue weighted by Gasteiger charge is -2.10. The van der Waals surface area contributed by atoms with Crippen molar-refractivity contribution in [3.8, 4) is 5.88 Å². The number of rotatable bonds is 6. The lowest BCUT2D eigenvalue weighted by Crippen LogP contribution is -2.10. The fourth-order valence-electron chi connectivity index (χ4n) is 1.21. The fraction of sp³-hybridized carbons (Fsp3) is 0.667. The zero-order valence-electron chi connectivity index (χ0n) is 10.5. The van der Waals surface area contributed by atoms with E-state index in [9.17, 15) is 0 Å². The van der Waals surface area contributed by atoms with Crippen LogP contribution in [-0.4, -0.2) is 22.6 Å². The third kappa shape index (κ3) is 4.96. The highest BCUT2D eigenvalue weighted by molar-refractivity contribution is 5.27. The van der Waals surface area contributed by atoms with Gasteiger partial charge in [-0.1, -0.05) is 13.8 Å². The van der Waals surface area contributed by atoms with Crippen molar-refractivity contribution in [3.05, 3.63) is 12.3 Å². The Kier molecular flexibility index (Phi) is 5.02. The predicted molar refractivity (Wildman–Crippen MR) is 65.7 cm³/mol. The lowest BCUT2D eigenvalue weighted by atomic mass is 10.1. The SMILES string of the molecule is CC(C)CCNc1nccc(OC(C)C)n1. The summed E-state index contributed by atoms with van der Waals surface area (Å²) < 4.78 is 5.49. The molecular formula is C12H21N3O. The van der Waals surface area contributed by atoms with Crippen molar-refractivity contribution >= 4 is 5.95 Å². The molecule has 0 amide bonds. The Morgan fingerprint density at radius 3 is 2.69 bits per heavy atom. The standard InChI is InChI=1S/C12H21N3O/c1-9(2)5-7-13-12-14-8-6-11(15-12)16-10(3)4/h6,8-10H,5,7H2,1-4H3,(H,13,14,15). The third-order valence-electron chi connectivity index (χ3n) is 1.99. The van der Waals surface area contributed by atoms with Crippen LogP contribution in [-0.2, 0) is 0 Å². The van der Waals surface area contributed by atoms with Crippen LogP contribution in [0.3, 0.4) is 0 Å². The number of aromatic nitrogens is 2. The van der Waals surface area contributed by atoms with E-state index in [0.29, 0.717) is 17.7 Å². The van der Waals surface area contributed by atoms with Crippen LogP contribution < -0.4 is 10.1 Å². The normalized spacial score (nSPS) is 10.9. The molecule has 1 N–H and O–H groups in total. The molecule has 4 heteroatoms. The minimum absolute atomic E-state index is 0.137. The van der Waals surface area contributed by atoms with Crippen LogP contribution in [0.4, 0.5) is 5.95 Å². The van der Waals surface area contributed by atoms with Crippen molar-refractivity contribution in [1.29, 1.82) is 0 Å². The summed E-state index contributed by atoms with van der Waals surface area (Å²) in [5, 5.41) is 3.19. The summed E-state index contributed by atoms with van der Waals surface area (Å²) in [7, 11) is 0. The molecule has 0 radical (unpaired) electrons. The molecule has 4 nitrogen and oxygen atoms in total. The highest BCUT2D eigenvalue weighted by Crippen LogP contribution is 2.10. The zero-order valence-corrected chi connectivity index (χ0v) is 10.5. The van der Waals surface area contributed by atoms with Crippen molar-refractivity contribution in [1.82, 2.24) is 9.97 Å². The molecule has 0 saturated carbocycles. The maximum atomic E-state index is 5.49. The maximum Gasteiger partial charge on any atom is 0.225 e. The third-order valence-corrected chi connectivity index (χ3v) is 1.99. The molecule has 0 aromatic carbocycles. The van der Waals surface area contributed by atoms with Crippen molar-refractivity contribution in [2.75, 3.05) is 11.9 Å². The topological polar surface area (TPSA) is 47.0 Å². The summed E-state index contributed by atoms with van der Waals surface area (Å²) in [5.41, 5.74) is 0. The largest absolute Gasteiger partial charge is 0.475 e. The van der Waals surface area contributed by atoms with Crippen molar-refractivity contribution in [2.45, 2.75) is 40.2 Å². The first-order valence-corrected chi connectivity index (χ1v) is 5.81. The van der Waals surface area contributed by atoms with Gasteiger partial charge in [-0.2, -0.15) is 4.98 Å². The van der Waals surface area contributed by atoms with Crippen molar-refractivity contribution in [3.63, 3.8) is 0 Å². The average Bonchev–Trinajstić information content (AvgIpc) is 2.16. The highest BCUT2D eigenvalue weighted by atomic mass is 16.5. The first-order valence-electron chi connectivity index (χ1n) is 5.81. The van der Waals surface area contributed by atoms with Crippen LogP contribution in [0, 0.1) is 5.92 Å². The molecule has 1 heterocycles. The number of nitrogens with zero attached hydrogens (tertiary/aromatic N) is 2. The van der Waals surface area contributed by atoms with E-state index < -0.39 is 0 Å². The van der Waals surface area contributed by atoms with E-state index in [1.165, 1.54) is 0 Å². The second-order valence-corrected chi connectivity index (χ2v) is 4.49. The molecule has 90 valence electrons. The Hall–Kier alpha value is -1.32. The van der Waals surface area contributed by atoms with Crippen LogP contribution in [0.1, 0.15) is 34.1 Å². The van der Waals surface area contributed by atoms with Gasteiger partial charge in [0.05, 0.1) is 6.10 Å². The molecule has 0 aliphatic rings. The van der Waals surface area contributed by atoms with E-state index in [2.05, 4.69) is 29.1 Å². The van der Waals surface area contributed by atoms with E-state index in [0.717, 1.165) is 13.0 Å². The van der Waals surface area contributed by atoms with Crippen molar-refractivity contribution < 1.29 is 4.74 Å². The minimum atomic E-state index is 0.137. The first kappa shape index (κ1) is 12.7. The van der Waals surface area contributed by atoms with Gasteiger partial charge in [0.25, 0.3) is 0 Å². The molecule has 1 rings (SSSR count). The second-order valence-electron chi connectivity index (χ2n) is 4.49. The van der Waals surface area contributed by atoms with Gasteiger partial charge in [0, 0.05) is 18.8 Å². The van der Waals surface area contributed by atoms with E-state index >= 15 is 0 Å². The van der Waals surface area contributed by atoms with E-state index in [-0.39, 0.29) is 6.10 Å². The Morgan fingerprint density at radius 2 is 2.06 bits per heavy atom. The molecule has 0 unspecified atom stereocenters. The number of anilines is 1. The summed E-state index contributed by atoms with van der Waals surface area (Å²) in [5.74, 6) is 1.94. The van der Waals surface area contributed by atoms with E-state index in [4.69, 9.17) is 4.74 Å². The highest BCUT2D eigenvalue weighted by Gasteiger charge is 2.02. The van der Waals surface area contributed by atoms with Crippen LogP contribution >= 0.6 is 0 Å². The van der Waals surface area contributed by atoms with Crippen LogP contribution in [0.15, 0.2) is 12.3 Å². The second kappa shape index (κ2) is 6.30. The number of nitrogens with one attached hydrogen (secondary N) is 1. The molecule has 0 saturated heterocycles. The molecule has 16 heavy (non-hydrogen) atoms. The molecule has 0 bridgehead atoms. The van der Waals surface area contributed by atoms with Gasteiger partial charge in [-0.15, -0.1) is 0 Å². The van der Waals surface area contributed by atoms with Gasteiger partial charge in [0.2, 0.25) is 11.8 Å². The van der Waals surface area contributed by atoms with Crippen LogP contribution in [0.2, 0.25) is 0 Å². The number of hydrogen-bond acceptors (Lipinski definition) is 4. The smallest absolute Gasteiger partial charge is 0.225 e. The Labute approximate surface area is 97.5 Å². The number of ether oxygens (including phenoxy) is 1. The van der Waals surface area contributed by atoms with Gasteiger partial charge in [0.15, 0.2) is 0 Å². The van der Waals surface area contributed by atoms with E-state index in [1.54, 1.807) is 12.3 Å². The number of hydrogen-bond donors (Lipinski definition) is 1.